The second-order valence-corrected chi connectivity index (χ2v) is 7.98. The molecular formula is C14H13Br2ClFNS. The van der Waals surface area contributed by atoms with Gasteiger partial charge in [-0.15, -0.1) is 11.3 Å². The fraction of sp³-hybridized carbons (Fsp3) is 0.286. The lowest BCUT2D eigenvalue weighted by Crippen LogP contribution is -2.22. The Bertz CT molecular complexity index is 583. The lowest BCUT2D eigenvalue weighted by Gasteiger charge is -2.17. The third-order valence-electron chi connectivity index (χ3n) is 2.89. The van der Waals surface area contributed by atoms with Gasteiger partial charge in [0.2, 0.25) is 0 Å². The molecule has 0 aliphatic rings. The number of nitrogens with one attached hydrogen (secondary N) is 1. The molecule has 1 atom stereocenters. The van der Waals surface area contributed by atoms with Gasteiger partial charge in [-0.1, -0.05) is 18.5 Å². The first kappa shape index (κ1) is 16.4. The van der Waals surface area contributed by atoms with Crippen LogP contribution in [0, 0.1) is 5.82 Å². The quantitative estimate of drug-likeness (QED) is 0.604. The van der Waals surface area contributed by atoms with E-state index >= 15 is 0 Å². The van der Waals surface area contributed by atoms with Crippen molar-refractivity contribution in [1.82, 2.24) is 5.32 Å². The van der Waals surface area contributed by atoms with Crippen molar-refractivity contribution in [2.75, 3.05) is 6.54 Å². The van der Waals surface area contributed by atoms with Gasteiger partial charge in [-0.2, -0.15) is 0 Å². The van der Waals surface area contributed by atoms with Crippen molar-refractivity contribution in [1.29, 1.82) is 0 Å². The van der Waals surface area contributed by atoms with Crippen molar-refractivity contribution in [2.45, 2.75) is 19.4 Å². The van der Waals surface area contributed by atoms with E-state index in [9.17, 15) is 4.39 Å². The van der Waals surface area contributed by atoms with Gasteiger partial charge in [0.05, 0.1) is 3.79 Å². The minimum atomic E-state index is -0.256. The topological polar surface area (TPSA) is 12.0 Å². The van der Waals surface area contributed by atoms with Crippen LogP contribution in [-0.4, -0.2) is 6.54 Å². The fourth-order valence-electron chi connectivity index (χ4n) is 1.97. The second kappa shape index (κ2) is 7.36. The highest BCUT2D eigenvalue weighted by Gasteiger charge is 2.17. The smallest absolute Gasteiger partial charge is 0.123 e. The average molecular weight is 442 g/mol. The molecule has 0 aliphatic carbocycles. The standard InChI is InChI=1S/C14H13Br2ClFNS/c1-2-19-12(13-7-10(15)14(16)20-13)6-8-5-9(18)3-4-11(8)17/h3-5,7,12,19H,2,6H2,1H3. The third kappa shape index (κ3) is 4.04. The van der Waals surface area contributed by atoms with E-state index in [0.717, 1.165) is 20.4 Å². The van der Waals surface area contributed by atoms with Crippen LogP contribution in [0.2, 0.25) is 5.02 Å². The van der Waals surface area contributed by atoms with Gasteiger partial charge in [-0.05, 0) is 74.7 Å². The number of rotatable bonds is 5. The van der Waals surface area contributed by atoms with E-state index in [-0.39, 0.29) is 11.9 Å². The summed E-state index contributed by atoms with van der Waals surface area (Å²) < 4.78 is 15.5. The predicted molar refractivity (Wildman–Crippen MR) is 91.3 cm³/mol. The molecule has 2 rings (SSSR count). The molecule has 0 saturated heterocycles. The Morgan fingerprint density at radius 1 is 1.35 bits per heavy atom. The van der Waals surface area contributed by atoms with Gasteiger partial charge in [0.15, 0.2) is 0 Å². The molecule has 0 bridgehead atoms. The molecule has 6 heteroatoms. The summed E-state index contributed by atoms with van der Waals surface area (Å²) in [6.07, 6.45) is 0.657. The van der Waals surface area contributed by atoms with Crippen LogP contribution in [0.25, 0.3) is 0 Å². The lowest BCUT2D eigenvalue weighted by molar-refractivity contribution is 0.554. The van der Waals surface area contributed by atoms with Crippen molar-refractivity contribution in [3.8, 4) is 0 Å². The molecular weight excluding hydrogens is 428 g/mol. The minimum Gasteiger partial charge on any atom is -0.309 e. The molecule has 0 saturated carbocycles. The van der Waals surface area contributed by atoms with Crippen LogP contribution in [0.3, 0.4) is 0 Å². The van der Waals surface area contributed by atoms with Gasteiger partial charge in [0, 0.05) is 20.4 Å². The van der Waals surface area contributed by atoms with E-state index < -0.39 is 0 Å². The number of benzene rings is 1. The molecule has 1 aromatic carbocycles. The molecule has 0 aliphatic heterocycles. The Kier molecular flexibility index (Phi) is 6.05. The normalized spacial score (nSPS) is 12.7. The summed E-state index contributed by atoms with van der Waals surface area (Å²) in [5, 5.41) is 4.02. The highest BCUT2D eigenvalue weighted by atomic mass is 79.9. The number of likely N-dealkylation sites (N-methyl/N-ethyl adjacent to an activating group) is 1. The molecule has 0 radical (unpaired) electrons. The van der Waals surface area contributed by atoms with Gasteiger partial charge in [0.25, 0.3) is 0 Å². The van der Waals surface area contributed by atoms with E-state index in [2.05, 4.69) is 50.2 Å². The zero-order chi connectivity index (χ0) is 14.7. The maximum atomic E-state index is 13.4. The summed E-state index contributed by atoms with van der Waals surface area (Å²) in [6.45, 7) is 2.89. The Morgan fingerprint density at radius 3 is 2.70 bits per heavy atom. The molecule has 0 spiro atoms. The molecule has 1 aromatic heterocycles. The van der Waals surface area contributed by atoms with Crippen LogP contribution in [-0.2, 0) is 6.42 Å². The van der Waals surface area contributed by atoms with Crippen LogP contribution in [0.4, 0.5) is 4.39 Å². The second-order valence-electron chi connectivity index (χ2n) is 4.32. The van der Waals surface area contributed by atoms with Gasteiger partial charge < -0.3 is 5.32 Å². The maximum absolute atomic E-state index is 13.4. The summed E-state index contributed by atoms with van der Waals surface area (Å²) in [5.74, 6) is -0.256. The summed E-state index contributed by atoms with van der Waals surface area (Å²) >= 11 is 14.8. The lowest BCUT2D eigenvalue weighted by atomic mass is 10.0. The van der Waals surface area contributed by atoms with Crippen molar-refractivity contribution >= 4 is 54.8 Å². The molecule has 1 unspecified atom stereocenters. The van der Waals surface area contributed by atoms with E-state index in [1.807, 2.05) is 0 Å². The zero-order valence-electron chi connectivity index (χ0n) is 10.7. The Morgan fingerprint density at radius 2 is 2.10 bits per heavy atom. The summed E-state index contributed by atoms with van der Waals surface area (Å²) in [5.41, 5.74) is 0.818. The summed E-state index contributed by atoms with van der Waals surface area (Å²) in [6, 6.07) is 6.69. The summed E-state index contributed by atoms with van der Waals surface area (Å²) in [7, 11) is 0. The highest BCUT2D eigenvalue weighted by molar-refractivity contribution is 9.13. The van der Waals surface area contributed by atoms with Crippen LogP contribution < -0.4 is 5.32 Å². The van der Waals surface area contributed by atoms with Crippen molar-refractivity contribution < 1.29 is 4.39 Å². The molecule has 0 fully saturated rings. The molecule has 108 valence electrons. The molecule has 0 amide bonds. The molecule has 20 heavy (non-hydrogen) atoms. The van der Waals surface area contributed by atoms with Crippen molar-refractivity contribution in [3.63, 3.8) is 0 Å². The number of hydrogen-bond acceptors (Lipinski definition) is 2. The minimum absolute atomic E-state index is 0.117. The van der Waals surface area contributed by atoms with Crippen LogP contribution in [0.15, 0.2) is 32.5 Å². The first-order chi connectivity index (χ1) is 9.51. The van der Waals surface area contributed by atoms with Gasteiger partial charge in [-0.25, -0.2) is 4.39 Å². The molecule has 2 aromatic rings. The van der Waals surface area contributed by atoms with E-state index in [1.165, 1.54) is 17.0 Å². The van der Waals surface area contributed by atoms with Crippen LogP contribution >= 0.6 is 54.8 Å². The Balaban J connectivity index is 2.27. The Labute approximate surface area is 143 Å². The molecule has 1 nitrogen and oxygen atoms in total. The monoisotopic (exact) mass is 439 g/mol. The van der Waals surface area contributed by atoms with Crippen molar-refractivity contribution in [3.05, 3.63) is 53.8 Å². The van der Waals surface area contributed by atoms with Crippen LogP contribution in [0.5, 0.6) is 0 Å². The number of thiophene rings is 1. The summed E-state index contributed by atoms with van der Waals surface area (Å²) in [4.78, 5) is 1.19. The largest absolute Gasteiger partial charge is 0.309 e. The van der Waals surface area contributed by atoms with Gasteiger partial charge in [0.1, 0.15) is 5.82 Å². The first-order valence-corrected chi connectivity index (χ1v) is 8.91. The average Bonchev–Trinajstić information content (AvgIpc) is 2.73. The molecule has 1 N–H and O–H groups in total. The Hall–Kier alpha value is 0.0600. The van der Waals surface area contributed by atoms with E-state index in [1.54, 1.807) is 17.4 Å². The van der Waals surface area contributed by atoms with E-state index in [4.69, 9.17) is 11.6 Å². The predicted octanol–water partition coefficient (Wildman–Crippen LogP) is 5.96. The van der Waals surface area contributed by atoms with Gasteiger partial charge >= 0.3 is 0 Å². The third-order valence-corrected chi connectivity index (χ3v) is 6.63. The fourth-order valence-corrected chi connectivity index (χ4v) is 4.33. The zero-order valence-corrected chi connectivity index (χ0v) is 15.5. The van der Waals surface area contributed by atoms with E-state index in [0.29, 0.717) is 11.4 Å². The van der Waals surface area contributed by atoms with Crippen LogP contribution in [0.1, 0.15) is 23.4 Å². The van der Waals surface area contributed by atoms with Crippen molar-refractivity contribution in [2.24, 2.45) is 0 Å². The molecule has 1 heterocycles. The number of halogens is 4. The number of hydrogen-bond donors (Lipinski definition) is 1. The highest BCUT2D eigenvalue weighted by Crippen LogP contribution is 2.37. The maximum Gasteiger partial charge on any atom is 0.123 e. The van der Waals surface area contributed by atoms with Gasteiger partial charge in [-0.3, -0.25) is 0 Å². The first-order valence-electron chi connectivity index (χ1n) is 6.13. The SMILES string of the molecule is CCNC(Cc1cc(F)ccc1Cl)c1cc(Br)c(Br)s1.